The van der Waals surface area contributed by atoms with Crippen LogP contribution in [0.1, 0.15) is 64.2 Å². The molecule has 69 heavy (non-hydrogen) atoms. The summed E-state index contributed by atoms with van der Waals surface area (Å²) in [5.74, 6) is 1.52. The number of methoxy groups -OCH3 is 1. The van der Waals surface area contributed by atoms with Crippen molar-refractivity contribution in [3.8, 4) is 5.75 Å². The van der Waals surface area contributed by atoms with Crippen LogP contribution in [0.2, 0.25) is 0 Å². The Morgan fingerprint density at radius 1 is 0.551 bits per heavy atom. The zero-order valence-electron chi connectivity index (χ0n) is 41.5. The van der Waals surface area contributed by atoms with E-state index in [1.165, 1.54) is 69.6 Å². The summed E-state index contributed by atoms with van der Waals surface area (Å²) in [6, 6.07) is 62.9. The minimum atomic E-state index is 0.248. The van der Waals surface area contributed by atoms with Gasteiger partial charge in [0.15, 0.2) is 0 Å². The van der Waals surface area contributed by atoms with Crippen molar-refractivity contribution < 1.29 is 4.74 Å². The van der Waals surface area contributed by atoms with E-state index in [1.807, 2.05) is 0 Å². The molecule has 7 nitrogen and oxygen atoms in total. The number of nitrogens with zero attached hydrogens (tertiary/aromatic N) is 6. The molecule has 6 aromatic rings. The highest BCUT2D eigenvalue weighted by Gasteiger charge is 2.42. The van der Waals surface area contributed by atoms with Gasteiger partial charge < -0.3 is 9.64 Å². The molecule has 2 saturated heterocycles. The van der Waals surface area contributed by atoms with Crippen LogP contribution >= 0.6 is 0 Å². The number of benzene rings is 6. The Kier molecular flexibility index (Phi) is 17.0. The van der Waals surface area contributed by atoms with Gasteiger partial charge in [0.2, 0.25) is 0 Å². The van der Waals surface area contributed by atoms with Crippen LogP contribution in [0.3, 0.4) is 0 Å². The van der Waals surface area contributed by atoms with Gasteiger partial charge in [-0.2, -0.15) is 0 Å². The topological polar surface area (TPSA) is 28.7 Å². The summed E-state index contributed by atoms with van der Waals surface area (Å²) in [6.07, 6.45) is 6.21. The van der Waals surface area contributed by atoms with Gasteiger partial charge in [-0.1, -0.05) is 170 Å². The van der Waals surface area contributed by atoms with E-state index in [-0.39, 0.29) is 6.04 Å². The third kappa shape index (κ3) is 13.4. The highest BCUT2D eigenvalue weighted by molar-refractivity contribution is 5.80. The molecule has 1 unspecified atom stereocenters. The lowest BCUT2D eigenvalue weighted by molar-refractivity contribution is 0.109. The molecular weight excluding hydrogens is 845 g/mol. The van der Waals surface area contributed by atoms with Crippen LogP contribution < -0.4 is 4.74 Å². The first-order valence-electron chi connectivity index (χ1n) is 25.7. The van der Waals surface area contributed by atoms with Gasteiger partial charge in [-0.15, -0.1) is 0 Å². The van der Waals surface area contributed by atoms with Crippen LogP contribution in [-0.2, 0) is 6.54 Å². The van der Waals surface area contributed by atoms with E-state index in [1.54, 1.807) is 7.11 Å². The van der Waals surface area contributed by atoms with Gasteiger partial charge in [-0.3, -0.25) is 24.5 Å². The van der Waals surface area contributed by atoms with Crippen molar-refractivity contribution in [2.75, 3.05) is 106 Å². The van der Waals surface area contributed by atoms with Gasteiger partial charge in [0.05, 0.1) is 7.11 Å². The fourth-order valence-electron chi connectivity index (χ4n) is 10.5. The Hall–Kier alpha value is -5.64. The van der Waals surface area contributed by atoms with Gasteiger partial charge in [0.1, 0.15) is 5.75 Å². The molecular formula is C62H74N6O. The number of hydrogen-bond donors (Lipinski definition) is 0. The molecule has 3 atom stereocenters. The van der Waals surface area contributed by atoms with Crippen molar-refractivity contribution in [3.05, 3.63) is 221 Å². The zero-order valence-corrected chi connectivity index (χ0v) is 41.5. The van der Waals surface area contributed by atoms with E-state index in [4.69, 9.17) is 4.74 Å². The molecule has 7 heteroatoms. The minimum absolute atomic E-state index is 0.248. The fourth-order valence-corrected chi connectivity index (χ4v) is 10.5. The number of hydrogen-bond acceptors (Lipinski definition) is 7. The summed E-state index contributed by atoms with van der Waals surface area (Å²) < 4.78 is 5.51. The summed E-state index contributed by atoms with van der Waals surface area (Å²) in [5, 5.41) is 0. The highest BCUT2D eigenvalue weighted by atomic mass is 16.5. The molecule has 0 aromatic heterocycles. The normalized spacial score (nSPS) is 18.9. The van der Waals surface area contributed by atoms with Crippen molar-refractivity contribution in [1.82, 2.24) is 29.4 Å². The molecule has 0 spiro atoms. The van der Waals surface area contributed by atoms with Crippen LogP contribution in [0.4, 0.5) is 0 Å². The van der Waals surface area contributed by atoms with E-state index in [0.717, 1.165) is 90.8 Å². The Labute approximate surface area is 413 Å². The van der Waals surface area contributed by atoms with Crippen molar-refractivity contribution in [3.63, 3.8) is 0 Å². The van der Waals surface area contributed by atoms with Crippen LogP contribution in [0.15, 0.2) is 182 Å². The molecule has 3 fully saturated rings. The first-order valence-corrected chi connectivity index (χ1v) is 25.7. The first kappa shape index (κ1) is 48.4. The molecule has 1 saturated carbocycles. The second kappa shape index (κ2) is 24.3. The number of ether oxygens (including phenoxy) is 1. The summed E-state index contributed by atoms with van der Waals surface area (Å²) in [7, 11) is 3.99. The summed E-state index contributed by atoms with van der Waals surface area (Å²) in [5.41, 5.74) is 11.9. The lowest BCUT2D eigenvalue weighted by Crippen LogP contribution is -2.48. The quantitative estimate of drug-likeness (QED) is 0.0710. The predicted octanol–water partition coefficient (Wildman–Crippen LogP) is 10.5. The van der Waals surface area contributed by atoms with Crippen LogP contribution in [0.25, 0.3) is 11.1 Å². The summed E-state index contributed by atoms with van der Waals surface area (Å²) in [4.78, 5) is 15.8. The maximum Gasteiger partial charge on any atom is 0.118 e. The van der Waals surface area contributed by atoms with E-state index >= 15 is 0 Å². The van der Waals surface area contributed by atoms with Gasteiger partial charge >= 0.3 is 0 Å². The molecule has 9 rings (SSSR count). The summed E-state index contributed by atoms with van der Waals surface area (Å²) >= 11 is 0. The third-order valence-electron chi connectivity index (χ3n) is 15.1. The lowest BCUT2D eigenvalue weighted by atomic mass is 9.96. The van der Waals surface area contributed by atoms with E-state index in [9.17, 15) is 0 Å². The number of likely N-dealkylation sites (N-methyl/N-ethyl adjacent to an activating group) is 1. The second-order valence-corrected chi connectivity index (χ2v) is 19.6. The smallest absolute Gasteiger partial charge is 0.118 e. The first-order chi connectivity index (χ1) is 34.0. The molecule has 0 N–H and O–H groups in total. The molecule has 2 aliphatic heterocycles. The van der Waals surface area contributed by atoms with Gasteiger partial charge in [-0.05, 0) is 82.6 Å². The molecule has 6 aromatic carbocycles. The molecule has 3 aliphatic rings. The van der Waals surface area contributed by atoms with Crippen LogP contribution in [0.5, 0.6) is 5.75 Å². The molecule has 0 amide bonds. The molecule has 1 aliphatic carbocycles. The van der Waals surface area contributed by atoms with Gasteiger partial charge in [-0.25, -0.2) is 0 Å². The fraction of sp³-hybridized carbons (Fsp3) is 0.355. The maximum atomic E-state index is 5.51. The lowest BCUT2D eigenvalue weighted by Gasteiger charge is -2.37. The van der Waals surface area contributed by atoms with E-state index in [2.05, 4.69) is 225 Å². The number of piperazine rings is 2. The maximum absolute atomic E-state index is 5.51. The highest BCUT2D eigenvalue weighted by Crippen LogP contribution is 2.45. The Morgan fingerprint density at radius 3 is 1.58 bits per heavy atom. The van der Waals surface area contributed by atoms with Crippen LogP contribution in [-0.4, -0.2) is 141 Å². The predicted molar refractivity (Wildman–Crippen MR) is 288 cm³/mol. The average Bonchev–Trinajstić information content (AvgIpc) is 4.22. The molecule has 0 bridgehead atoms. The molecule has 358 valence electrons. The Morgan fingerprint density at radius 2 is 1.03 bits per heavy atom. The van der Waals surface area contributed by atoms with Crippen LogP contribution in [0, 0.1) is 0 Å². The van der Waals surface area contributed by atoms with Gasteiger partial charge in [0.25, 0.3) is 0 Å². The minimum Gasteiger partial charge on any atom is -0.497 e. The van der Waals surface area contributed by atoms with Crippen molar-refractivity contribution in [2.24, 2.45) is 0 Å². The Balaban J connectivity index is 0.833. The average molecular weight is 919 g/mol. The van der Waals surface area contributed by atoms with Crippen molar-refractivity contribution in [2.45, 2.75) is 37.9 Å². The third-order valence-corrected chi connectivity index (χ3v) is 15.1. The van der Waals surface area contributed by atoms with Crippen molar-refractivity contribution in [1.29, 1.82) is 0 Å². The number of rotatable bonds is 21. The Bertz CT molecular complexity index is 2460. The second-order valence-electron chi connectivity index (χ2n) is 19.6. The van der Waals surface area contributed by atoms with Gasteiger partial charge in [0, 0.05) is 116 Å². The monoisotopic (exact) mass is 919 g/mol. The summed E-state index contributed by atoms with van der Waals surface area (Å²) in [6.45, 7) is 18.4. The largest absolute Gasteiger partial charge is 0.497 e. The van der Waals surface area contributed by atoms with E-state index in [0.29, 0.717) is 12.0 Å². The molecule has 2 heterocycles. The van der Waals surface area contributed by atoms with Crippen molar-refractivity contribution >= 4 is 11.1 Å². The standard InChI is InChI=1S/C62H74N6O/c1-50(52-28-30-58(69-3)31-29-52)67(34-32-59(53-16-8-4-9-17-53)54-18-10-5-11-19-54)46-44-65-40-42-66(43-41-65)49-51-24-26-57(27-25-51)60(55-20-12-6-13-21-55)33-35-68(47-45-64-38-36-63(2)37-39-64)62-48-61(62)56-22-14-7-15-23-56/h4-33,50,61-62H,34-49H2,1-3H3/b60-33-/t50-,61+,62?/m1/s1. The molecule has 0 radical (unpaired) electrons. The zero-order chi connectivity index (χ0) is 47.2. The van der Waals surface area contributed by atoms with E-state index < -0.39 is 0 Å². The SMILES string of the molecule is COc1ccc([C@@H](C)N(CC=C(c2ccccc2)c2ccccc2)CCN2CCN(Cc3ccc(/C(=C\CN(CCN4CCN(C)CC4)C4C[C@H]4c4ccccc4)c4ccccc4)cc3)CC2)cc1.